The first-order valence-electron chi connectivity index (χ1n) is 8.10. The van der Waals surface area contributed by atoms with Crippen molar-refractivity contribution >= 4 is 0 Å². The zero-order valence-corrected chi connectivity index (χ0v) is 13.5. The molecule has 1 rings (SSSR count). The van der Waals surface area contributed by atoms with E-state index in [0.717, 1.165) is 6.42 Å². The van der Waals surface area contributed by atoms with Gasteiger partial charge in [0.15, 0.2) is 0 Å². The Morgan fingerprint density at radius 1 is 1.11 bits per heavy atom. The summed E-state index contributed by atoms with van der Waals surface area (Å²) in [6.07, 6.45) is 8.90. The van der Waals surface area contributed by atoms with Gasteiger partial charge in [-0.25, -0.2) is 0 Å². The minimum atomic E-state index is -0.137. The van der Waals surface area contributed by atoms with Crippen molar-refractivity contribution in [3.8, 4) is 6.07 Å². The summed E-state index contributed by atoms with van der Waals surface area (Å²) in [6, 6.07) is 2.39. The first-order valence-corrected chi connectivity index (χ1v) is 8.10. The highest BCUT2D eigenvalue weighted by Gasteiger charge is 2.30. The third-order valence-electron chi connectivity index (χ3n) is 5.25. The number of unbranched alkanes of at least 4 members (excludes halogenated alkanes) is 1. The van der Waals surface area contributed by atoms with Crippen molar-refractivity contribution in [2.24, 2.45) is 10.8 Å². The van der Waals surface area contributed by atoms with Gasteiger partial charge in [0.05, 0.1) is 11.5 Å². The molecule has 2 nitrogen and oxygen atoms in total. The zero-order chi connectivity index (χ0) is 14.4. The average molecular weight is 264 g/mol. The highest BCUT2D eigenvalue weighted by molar-refractivity contribution is 4.91. The van der Waals surface area contributed by atoms with Gasteiger partial charge in [0.25, 0.3) is 0 Å². The van der Waals surface area contributed by atoms with Crippen LogP contribution in [0.1, 0.15) is 72.6 Å². The highest BCUT2D eigenvalue weighted by atomic mass is 15.1. The van der Waals surface area contributed by atoms with Crippen molar-refractivity contribution in [2.75, 3.05) is 19.6 Å². The Hall–Kier alpha value is -0.550. The zero-order valence-electron chi connectivity index (χ0n) is 13.5. The molecule has 0 spiro atoms. The van der Waals surface area contributed by atoms with Crippen LogP contribution in [-0.4, -0.2) is 24.5 Å². The van der Waals surface area contributed by atoms with E-state index in [4.69, 9.17) is 5.26 Å². The Balaban J connectivity index is 2.19. The number of piperidine rings is 1. The van der Waals surface area contributed by atoms with Gasteiger partial charge in [0.1, 0.15) is 0 Å². The quantitative estimate of drug-likeness (QED) is 0.628. The molecule has 0 saturated carbocycles. The summed E-state index contributed by atoms with van der Waals surface area (Å²) in [4.78, 5) is 2.63. The second kappa shape index (κ2) is 7.29. The second-order valence-corrected chi connectivity index (χ2v) is 7.00. The lowest BCUT2D eigenvalue weighted by Crippen LogP contribution is -2.40. The third kappa shape index (κ3) is 5.15. The molecular weight excluding hydrogens is 232 g/mol. The normalized spacial score (nSPS) is 20.2. The first kappa shape index (κ1) is 16.5. The topological polar surface area (TPSA) is 27.0 Å². The standard InChI is InChI=1S/C17H32N2/c1-5-17(6-2)10-13-19(14-11-17)12-8-7-9-16(3,4)15-18/h5-14H2,1-4H3. The summed E-state index contributed by atoms with van der Waals surface area (Å²) in [5.41, 5.74) is 0.501. The summed E-state index contributed by atoms with van der Waals surface area (Å²) in [5, 5.41) is 8.99. The van der Waals surface area contributed by atoms with E-state index in [1.54, 1.807) is 0 Å². The molecular formula is C17H32N2. The lowest BCUT2D eigenvalue weighted by atomic mass is 9.74. The lowest BCUT2D eigenvalue weighted by Gasteiger charge is -2.41. The van der Waals surface area contributed by atoms with Crippen molar-refractivity contribution in [1.29, 1.82) is 5.26 Å². The largest absolute Gasteiger partial charge is 0.303 e. The number of hydrogen-bond acceptors (Lipinski definition) is 2. The minimum absolute atomic E-state index is 0.137. The molecule has 0 aromatic carbocycles. The van der Waals surface area contributed by atoms with Crippen LogP contribution < -0.4 is 0 Å². The molecule has 19 heavy (non-hydrogen) atoms. The van der Waals surface area contributed by atoms with Gasteiger partial charge in [-0.05, 0) is 64.6 Å². The monoisotopic (exact) mass is 264 g/mol. The maximum atomic E-state index is 8.99. The Labute approximate surface area is 120 Å². The van der Waals surface area contributed by atoms with Crippen molar-refractivity contribution in [1.82, 2.24) is 4.90 Å². The molecule has 1 saturated heterocycles. The van der Waals surface area contributed by atoms with E-state index in [2.05, 4.69) is 24.8 Å². The molecule has 0 aliphatic carbocycles. The van der Waals surface area contributed by atoms with Gasteiger partial charge in [-0.2, -0.15) is 5.26 Å². The molecule has 0 unspecified atom stereocenters. The molecule has 0 N–H and O–H groups in total. The fourth-order valence-electron chi connectivity index (χ4n) is 3.17. The summed E-state index contributed by atoms with van der Waals surface area (Å²) >= 11 is 0. The van der Waals surface area contributed by atoms with Crippen LogP contribution in [0.25, 0.3) is 0 Å². The minimum Gasteiger partial charge on any atom is -0.303 e. The molecule has 1 aliphatic heterocycles. The van der Waals surface area contributed by atoms with Gasteiger partial charge in [0, 0.05) is 0 Å². The van der Waals surface area contributed by atoms with Crippen LogP contribution in [0, 0.1) is 22.2 Å². The summed E-state index contributed by atoms with van der Waals surface area (Å²) in [7, 11) is 0. The number of rotatable bonds is 7. The van der Waals surface area contributed by atoms with Gasteiger partial charge in [-0.15, -0.1) is 0 Å². The molecule has 0 amide bonds. The molecule has 1 fully saturated rings. The van der Waals surface area contributed by atoms with Gasteiger partial charge < -0.3 is 4.90 Å². The van der Waals surface area contributed by atoms with E-state index in [-0.39, 0.29) is 5.41 Å². The van der Waals surface area contributed by atoms with Crippen molar-refractivity contribution < 1.29 is 0 Å². The predicted octanol–water partition coefficient (Wildman–Crippen LogP) is 4.61. The Kier molecular flexibility index (Phi) is 6.33. The van der Waals surface area contributed by atoms with E-state index in [9.17, 15) is 0 Å². The molecule has 110 valence electrons. The van der Waals surface area contributed by atoms with Crippen LogP contribution in [0.15, 0.2) is 0 Å². The van der Waals surface area contributed by atoms with Gasteiger partial charge in [-0.1, -0.05) is 33.1 Å². The number of nitriles is 1. The second-order valence-electron chi connectivity index (χ2n) is 7.00. The highest BCUT2D eigenvalue weighted by Crippen LogP contribution is 2.37. The Morgan fingerprint density at radius 2 is 1.68 bits per heavy atom. The fraction of sp³-hybridized carbons (Fsp3) is 0.941. The predicted molar refractivity (Wildman–Crippen MR) is 81.9 cm³/mol. The van der Waals surface area contributed by atoms with E-state index in [0.29, 0.717) is 5.41 Å². The average Bonchev–Trinajstić information content (AvgIpc) is 2.44. The van der Waals surface area contributed by atoms with Crippen LogP contribution in [0.2, 0.25) is 0 Å². The molecule has 0 bridgehead atoms. The van der Waals surface area contributed by atoms with Crippen LogP contribution in [0.3, 0.4) is 0 Å². The molecule has 2 heteroatoms. The van der Waals surface area contributed by atoms with Crippen LogP contribution in [-0.2, 0) is 0 Å². The molecule has 1 aliphatic rings. The third-order valence-corrected chi connectivity index (χ3v) is 5.25. The molecule has 0 atom stereocenters. The molecule has 0 aromatic rings. The van der Waals surface area contributed by atoms with Gasteiger partial charge in [-0.3, -0.25) is 0 Å². The Morgan fingerprint density at radius 3 is 2.16 bits per heavy atom. The van der Waals surface area contributed by atoms with Crippen LogP contribution in [0.4, 0.5) is 0 Å². The van der Waals surface area contributed by atoms with E-state index in [1.165, 1.54) is 58.2 Å². The fourth-order valence-corrected chi connectivity index (χ4v) is 3.17. The van der Waals surface area contributed by atoms with E-state index >= 15 is 0 Å². The SMILES string of the molecule is CCC1(CC)CCN(CCCCC(C)(C)C#N)CC1. The summed E-state index contributed by atoms with van der Waals surface area (Å²) in [5.74, 6) is 0. The summed E-state index contributed by atoms with van der Waals surface area (Å²) < 4.78 is 0. The van der Waals surface area contributed by atoms with Crippen molar-refractivity contribution in [3.63, 3.8) is 0 Å². The van der Waals surface area contributed by atoms with Gasteiger partial charge in [0.2, 0.25) is 0 Å². The van der Waals surface area contributed by atoms with Gasteiger partial charge >= 0.3 is 0 Å². The van der Waals surface area contributed by atoms with E-state index < -0.39 is 0 Å². The molecule has 0 radical (unpaired) electrons. The van der Waals surface area contributed by atoms with Crippen LogP contribution in [0.5, 0.6) is 0 Å². The smallest absolute Gasteiger partial charge is 0.0683 e. The van der Waals surface area contributed by atoms with Crippen molar-refractivity contribution in [3.05, 3.63) is 0 Å². The van der Waals surface area contributed by atoms with E-state index in [1.807, 2.05) is 13.8 Å². The van der Waals surface area contributed by atoms with Crippen molar-refractivity contribution in [2.45, 2.75) is 72.6 Å². The molecule has 1 heterocycles. The first-order chi connectivity index (χ1) is 8.97. The Bertz CT molecular complexity index is 287. The number of nitrogens with zero attached hydrogens (tertiary/aromatic N) is 2. The summed E-state index contributed by atoms with van der Waals surface area (Å²) in [6.45, 7) is 12.6. The number of hydrogen-bond donors (Lipinski definition) is 0. The maximum absolute atomic E-state index is 8.99. The maximum Gasteiger partial charge on any atom is 0.0683 e. The van der Waals surface area contributed by atoms with Crippen LogP contribution >= 0.6 is 0 Å². The molecule has 0 aromatic heterocycles. The number of likely N-dealkylation sites (tertiary alicyclic amines) is 1. The lowest BCUT2D eigenvalue weighted by molar-refractivity contribution is 0.0939.